The van der Waals surface area contributed by atoms with Crippen molar-refractivity contribution in [2.24, 2.45) is 11.8 Å². The third-order valence-electron chi connectivity index (χ3n) is 6.53. The van der Waals surface area contributed by atoms with Crippen LogP contribution in [-0.2, 0) is 14.3 Å². The van der Waals surface area contributed by atoms with Gasteiger partial charge >= 0.3 is 0 Å². The van der Waals surface area contributed by atoms with Gasteiger partial charge in [-0.3, -0.25) is 9.59 Å². The highest BCUT2D eigenvalue weighted by Crippen LogP contribution is 2.52. The molecule has 0 radical (unpaired) electrons. The largest absolute Gasteiger partial charge is 0.360 e. The predicted octanol–water partition coefficient (Wildman–Crippen LogP) is 1.12. The number of rotatable bonds is 6. The molecule has 1 spiro atoms. The van der Waals surface area contributed by atoms with Crippen LogP contribution in [0.15, 0.2) is 12.2 Å². The molecule has 3 saturated heterocycles. The summed E-state index contributed by atoms with van der Waals surface area (Å²) in [6.07, 6.45) is 8.56. The molecule has 0 aromatic carbocycles. The van der Waals surface area contributed by atoms with E-state index in [0.29, 0.717) is 6.54 Å². The first-order chi connectivity index (χ1) is 12.6. The molecule has 2 bridgehead atoms. The maximum atomic E-state index is 13.2. The van der Waals surface area contributed by atoms with Gasteiger partial charge in [0.25, 0.3) is 0 Å². The Morgan fingerprint density at radius 3 is 2.81 bits per heavy atom. The Bertz CT molecular complexity index is 601. The van der Waals surface area contributed by atoms with Crippen molar-refractivity contribution in [3.05, 3.63) is 12.2 Å². The summed E-state index contributed by atoms with van der Waals surface area (Å²) < 4.78 is 6.20. The second-order valence-electron chi connectivity index (χ2n) is 8.32. The van der Waals surface area contributed by atoms with E-state index in [2.05, 4.69) is 11.8 Å². The van der Waals surface area contributed by atoms with Gasteiger partial charge in [-0.1, -0.05) is 25.5 Å². The Labute approximate surface area is 156 Å². The van der Waals surface area contributed by atoms with Crippen molar-refractivity contribution in [3.8, 4) is 0 Å². The topological polar surface area (TPSA) is 53.1 Å². The zero-order valence-electron chi connectivity index (χ0n) is 16.0. The van der Waals surface area contributed by atoms with E-state index in [1.165, 1.54) is 19.3 Å². The first kappa shape index (κ1) is 18.0. The molecule has 2 unspecified atom stereocenters. The number of carbonyl (C=O) groups excluding carboxylic acids is 2. The average molecular weight is 361 g/mol. The fourth-order valence-corrected chi connectivity index (χ4v) is 5.19. The van der Waals surface area contributed by atoms with Crippen molar-refractivity contribution in [1.82, 2.24) is 14.7 Å². The molecule has 4 atom stereocenters. The van der Waals surface area contributed by atoms with Crippen molar-refractivity contribution in [2.75, 3.05) is 46.3 Å². The number of hydrogen-bond donors (Lipinski definition) is 0. The minimum absolute atomic E-state index is 0.0549. The van der Waals surface area contributed by atoms with Crippen LogP contribution in [0.4, 0.5) is 0 Å². The minimum atomic E-state index is -0.572. The molecule has 4 aliphatic rings. The molecule has 2 amide bonds. The van der Waals surface area contributed by atoms with Crippen LogP contribution in [0.5, 0.6) is 0 Å². The van der Waals surface area contributed by atoms with E-state index in [1.807, 2.05) is 24.1 Å². The van der Waals surface area contributed by atoms with E-state index in [-0.39, 0.29) is 29.8 Å². The highest BCUT2D eigenvalue weighted by Gasteiger charge is 2.66. The summed E-state index contributed by atoms with van der Waals surface area (Å²) in [5.74, 6) is -0.536. The van der Waals surface area contributed by atoms with Crippen LogP contribution in [0.25, 0.3) is 0 Å². The molecule has 0 saturated carbocycles. The summed E-state index contributed by atoms with van der Waals surface area (Å²) in [5.41, 5.74) is -0.572. The molecule has 26 heavy (non-hydrogen) atoms. The van der Waals surface area contributed by atoms with Gasteiger partial charge in [-0.15, -0.1) is 0 Å². The van der Waals surface area contributed by atoms with E-state index in [0.717, 1.165) is 39.1 Å². The second kappa shape index (κ2) is 6.97. The Hall–Kier alpha value is -1.40. The maximum absolute atomic E-state index is 13.2. The molecule has 0 aromatic rings. The lowest BCUT2D eigenvalue weighted by Gasteiger charge is -2.29. The van der Waals surface area contributed by atoms with Gasteiger partial charge < -0.3 is 19.4 Å². The molecule has 0 aromatic heterocycles. The van der Waals surface area contributed by atoms with Crippen molar-refractivity contribution in [1.29, 1.82) is 0 Å². The fraction of sp³-hybridized carbons (Fsp3) is 0.800. The maximum Gasteiger partial charge on any atom is 0.230 e. The van der Waals surface area contributed by atoms with E-state index >= 15 is 0 Å². The number of amides is 2. The van der Waals surface area contributed by atoms with Crippen molar-refractivity contribution in [2.45, 2.75) is 44.3 Å². The molecule has 4 rings (SSSR count). The number of nitrogens with zero attached hydrogens (tertiary/aromatic N) is 3. The van der Waals surface area contributed by atoms with Crippen LogP contribution < -0.4 is 0 Å². The van der Waals surface area contributed by atoms with E-state index < -0.39 is 5.60 Å². The Balaban J connectivity index is 1.45. The van der Waals surface area contributed by atoms with Crippen molar-refractivity contribution >= 4 is 11.8 Å². The Morgan fingerprint density at radius 1 is 1.31 bits per heavy atom. The number of piperidine rings is 1. The van der Waals surface area contributed by atoms with Crippen LogP contribution in [0.1, 0.15) is 32.6 Å². The zero-order chi connectivity index (χ0) is 18.3. The van der Waals surface area contributed by atoms with Gasteiger partial charge in [-0.25, -0.2) is 0 Å². The van der Waals surface area contributed by atoms with E-state index in [9.17, 15) is 9.59 Å². The van der Waals surface area contributed by atoms with E-state index in [1.54, 1.807) is 4.90 Å². The van der Waals surface area contributed by atoms with Gasteiger partial charge in [0.05, 0.1) is 24.5 Å². The van der Waals surface area contributed by atoms with Gasteiger partial charge in [-0.05, 0) is 32.4 Å². The average Bonchev–Trinajstić information content (AvgIpc) is 3.29. The molecule has 3 fully saturated rings. The smallest absolute Gasteiger partial charge is 0.230 e. The van der Waals surface area contributed by atoms with Gasteiger partial charge in [-0.2, -0.15) is 0 Å². The number of fused-ring (bicyclic) bond motifs is 1. The number of hydrogen-bond acceptors (Lipinski definition) is 4. The standard InChI is InChI=1S/C20H31N3O3/c1-3-9-21(2)18(24)16-15-7-8-20(26-15)14-23(19(25)17(16)20)13-12-22-10-5-4-6-11-22/h7-8,15-17H,3-6,9-14H2,1-2H3/t15-,16?,17?,20-/m0/s1. The van der Waals surface area contributed by atoms with Crippen LogP contribution in [0.2, 0.25) is 0 Å². The molecule has 144 valence electrons. The van der Waals surface area contributed by atoms with Gasteiger partial charge in [0.15, 0.2) is 0 Å². The van der Waals surface area contributed by atoms with Gasteiger partial charge in [0, 0.05) is 26.7 Å². The van der Waals surface area contributed by atoms with Gasteiger partial charge in [0.1, 0.15) is 5.60 Å². The molecular formula is C20H31N3O3. The lowest BCUT2D eigenvalue weighted by Crippen LogP contribution is -2.45. The highest BCUT2D eigenvalue weighted by molar-refractivity contribution is 5.93. The summed E-state index contributed by atoms with van der Waals surface area (Å²) in [5, 5.41) is 0. The molecule has 0 N–H and O–H groups in total. The zero-order valence-corrected chi connectivity index (χ0v) is 16.0. The predicted molar refractivity (Wildman–Crippen MR) is 98.5 cm³/mol. The Morgan fingerprint density at radius 2 is 2.08 bits per heavy atom. The SMILES string of the molecule is CCCN(C)C(=O)C1C2C(=O)N(CCN3CCCCC3)C[C@@]23C=C[C@@H]1O3. The normalized spacial score (nSPS) is 36.0. The summed E-state index contributed by atoms with van der Waals surface area (Å²) in [6, 6.07) is 0. The third-order valence-corrected chi connectivity index (χ3v) is 6.53. The Kier molecular flexibility index (Phi) is 4.82. The van der Waals surface area contributed by atoms with Crippen LogP contribution in [0.3, 0.4) is 0 Å². The third kappa shape index (κ3) is 2.87. The summed E-state index contributed by atoms with van der Waals surface area (Å²) >= 11 is 0. The van der Waals surface area contributed by atoms with Crippen LogP contribution >= 0.6 is 0 Å². The lowest BCUT2D eigenvalue weighted by atomic mass is 9.76. The molecule has 0 aliphatic carbocycles. The van der Waals surface area contributed by atoms with Crippen molar-refractivity contribution in [3.63, 3.8) is 0 Å². The summed E-state index contributed by atoms with van der Waals surface area (Å²) in [4.78, 5) is 32.3. The second-order valence-corrected chi connectivity index (χ2v) is 8.32. The molecule has 4 heterocycles. The number of ether oxygens (including phenoxy) is 1. The van der Waals surface area contributed by atoms with Crippen LogP contribution in [0, 0.1) is 11.8 Å². The minimum Gasteiger partial charge on any atom is -0.360 e. The molecule has 6 nitrogen and oxygen atoms in total. The van der Waals surface area contributed by atoms with Crippen LogP contribution in [-0.4, -0.2) is 84.5 Å². The summed E-state index contributed by atoms with van der Waals surface area (Å²) in [6.45, 7) is 7.32. The molecular weight excluding hydrogens is 330 g/mol. The summed E-state index contributed by atoms with van der Waals surface area (Å²) in [7, 11) is 1.84. The fourth-order valence-electron chi connectivity index (χ4n) is 5.19. The number of likely N-dealkylation sites (tertiary alicyclic amines) is 2. The monoisotopic (exact) mass is 361 g/mol. The number of carbonyl (C=O) groups is 2. The first-order valence-electron chi connectivity index (χ1n) is 10.2. The van der Waals surface area contributed by atoms with Crippen molar-refractivity contribution < 1.29 is 14.3 Å². The molecule has 4 aliphatic heterocycles. The van der Waals surface area contributed by atoms with E-state index in [4.69, 9.17) is 4.74 Å². The lowest BCUT2D eigenvalue weighted by molar-refractivity contribution is -0.142. The quantitative estimate of drug-likeness (QED) is 0.666. The highest BCUT2D eigenvalue weighted by atomic mass is 16.5. The van der Waals surface area contributed by atoms with Gasteiger partial charge in [0.2, 0.25) is 11.8 Å². The first-order valence-corrected chi connectivity index (χ1v) is 10.2. The molecule has 6 heteroatoms.